The van der Waals surface area contributed by atoms with E-state index in [-0.39, 0.29) is 6.10 Å². The Bertz CT molecular complexity index is 283. The number of rotatable bonds is 2. The van der Waals surface area contributed by atoms with Crippen LogP contribution in [0.3, 0.4) is 0 Å². The van der Waals surface area contributed by atoms with Gasteiger partial charge < -0.3 is 10.1 Å². The van der Waals surface area contributed by atoms with E-state index < -0.39 is 6.17 Å². The van der Waals surface area contributed by atoms with Gasteiger partial charge in [0.2, 0.25) is 5.88 Å². The topological polar surface area (TPSA) is 47.0 Å². The van der Waals surface area contributed by atoms with Crippen LogP contribution >= 0.6 is 0 Å². The summed E-state index contributed by atoms with van der Waals surface area (Å²) in [5.74, 6) is 0.439. The average molecular weight is 197 g/mol. The summed E-state index contributed by atoms with van der Waals surface area (Å²) in [6.45, 7) is 1.14. The van der Waals surface area contributed by atoms with Crippen LogP contribution < -0.4 is 10.1 Å². The molecule has 1 aromatic heterocycles. The van der Waals surface area contributed by atoms with Crippen molar-refractivity contribution in [3.05, 3.63) is 18.6 Å². The van der Waals surface area contributed by atoms with Gasteiger partial charge in [0.25, 0.3) is 0 Å². The normalized spacial score (nSPS) is 27.2. The predicted octanol–water partition coefficient (Wildman–Crippen LogP) is 0.555. The Hall–Kier alpha value is -1.23. The first kappa shape index (κ1) is 9.33. The lowest BCUT2D eigenvalue weighted by atomic mass is 10.1. The maximum atomic E-state index is 13.3. The lowest BCUT2D eigenvalue weighted by Crippen LogP contribution is -2.44. The van der Waals surface area contributed by atoms with E-state index in [1.807, 2.05) is 0 Å². The van der Waals surface area contributed by atoms with E-state index in [9.17, 15) is 4.39 Å². The Kier molecular flexibility index (Phi) is 2.88. The minimum atomic E-state index is -0.960. The van der Waals surface area contributed by atoms with E-state index in [1.54, 1.807) is 12.3 Å². The largest absolute Gasteiger partial charge is 0.471 e. The number of nitrogens with one attached hydrogen (secondary N) is 1. The standard InChI is InChI=1S/C9H12FN3O/c10-7-5-11-3-1-8(7)14-9-2-4-12-6-13-9/h2,4,6-8,11H,1,3,5H2. The smallest absolute Gasteiger partial charge is 0.216 e. The van der Waals surface area contributed by atoms with Crippen LogP contribution in [0.25, 0.3) is 0 Å². The summed E-state index contributed by atoms with van der Waals surface area (Å²) in [6.07, 6.45) is 2.30. The van der Waals surface area contributed by atoms with Gasteiger partial charge >= 0.3 is 0 Å². The molecular weight excluding hydrogens is 185 g/mol. The molecule has 0 saturated carbocycles. The fraction of sp³-hybridized carbons (Fsp3) is 0.556. The summed E-state index contributed by atoms with van der Waals surface area (Å²) in [5.41, 5.74) is 0. The molecule has 0 amide bonds. The Morgan fingerprint density at radius 3 is 3.21 bits per heavy atom. The summed E-state index contributed by atoms with van der Waals surface area (Å²) >= 11 is 0. The van der Waals surface area contributed by atoms with Crippen LogP contribution in [0.15, 0.2) is 18.6 Å². The van der Waals surface area contributed by atoms with Crippen molar-refractivity contribution >= 4 is 0 Å². The fourth-order valence-electron chi connectivity index (χ4n) is 1.43. The highest BCUT2D eigenvalue weighted by Gasteiger charge is 2.26. The van der Waals surface area contributed by atoms with Crippen LogP contribution in [-0.4, -0.2) is 35.3 Å². The Morgan fingerprint density at radius 2 is 2.50 bits per heavy atom. The molecule has 0 bridgehead atoms. The molecule has 4 nitrogen and oxygen atoms in total. The maximum Gasteiger partial charge on any atom is 0.216 e. The second kappa shape index (κ2) is 4.32. The monoisotopic (exact) mass is 197 g/mol. The summed E-state index contributed by atoms with van der Waals surface area (Å²) in [5, 5.41) is 2.96. The van der Waals surface area contributed by atoms with Gasteiger partial charge in [0.05, 0.1) is 0 Å². The van der Waals surface area contributed by atoms with Crippen molar-refractivity contribution in [3.63, 3.8) is 0 Å². The number of nitrogens with zero attached hydrogens (tertiary/aromatic N) is 2. The molecule has 1 aromatic rings. The van der Waals surface area contributed by atoms with Crippen molar-refractivity contribution in [2.24, 2.45) is 0 Å². The van der Waals surface area contributed by atoms with Gasteiger partial charge in [-0.3, -0.25) is 0 Å². The molecule has 14 heavy (non-hydrogen) atoms. The minimum absolute atomic E-state index is 0.357. The van der Waals surface area contributed by atoms with Crippen molar-refractivity contribution in [1.29, 1.82) is 0 Å². The van der Waals surface area contributed by atoms with Gasteiger partial charge in [-0.25, -0.2) is 14.4 Å². The molecule has 1 saturated heterocycles. The van der Waals surface area contributed by atoms with Crippen molar-refractivity contribution in [1.82, 2.24) is 15.3 Å². The van der Waals surface area contributed by atoms with Crippen molar-refractivity contribution in [2.75, 3.05) is 13.1 Å². The molecule has 1 aliphatic heterocycles. The summed E-state index contributed by atoms with van der Waals surface area (Å²) in [4.78, 5) is 7.65. The van der Waals surface area contributed by atoms with E-state index in [4.69, 9.17) is 4.74 Å². The van der Waals surface area contributed by atoms with Gasteiger partial charge in [-0.05, 0) is 13.0 Å². The quantitative estimate of drug-likeness (QED) is 0.752. The third-order valence-corrected chi connectivity index (χ3v) is 2.18. The summed E-state index contributed by atoms with van der Waals surface area (Å²) in [7, 11) is 0. The van der Waals surface area contributed by atoms with E-state index in [1.165, 1.54) is 6.33 Å². The van der Waals surface area contributed by atoms with Gasteiger partial charge in [0, 0.05) is 18.8 Å². The number of piperidine rings is 1. The fourth-order valence-corrected chi connectivity index (χ4v) is 1.43. The molecule has 1 fully saturated rings. The van der Waals surface area contributed by atoms with E-state index in [0.717, 1.165) is 6.54 Å². The summed E-state index contributed by atoms with van der Waals surface area (Å²) in [6, 6.07) is 1.63. The molecule has 5 heteroatoms. The van der Waals surface area contributed by atoms with Crippen LogP contribution in [-0.2, 0) is 0 Å². The Labute approximate surface area is 81.5 Å². The number of halogens is 1. The van der Waals surface area contributed by atoms with Gasteiger partial charge in [-0.2, -0.15) is 0 Å². The van der Waals surface area contributed by atoms with Crippen LogP contribution in [0.2, 0.25) is 0 Å². The van der Waals surface area contributed by atoms with Crippen molar-refractivity contribution in [3.8, 4) is 5.88 Å². The van der Waals surface area contributed by atoms with Crippen molar-refractivity contribution in [2.45, 2.75) is 18.7 Å². The molecule has 0 spiro atoms. The number of alkyl halides is 1. The Balaban J connectivity index is 1.96. The molecule has 2 unspecified atom stereocenters. The third kappa shape index (κ3) is 2.17. The minimum Gasteiger partial charge on any atom is -0.471 e. The second-order valence-electron chi connectivity index (χ2n) is 3.21. The molecule has 2 heterocycles. The zero-order valence-electron chi connectivity index (χ0n) is 7.69. The molecule has 1 aliphatic rings. The van der Waals surface area contributed by atoms with Gasteiger partial charge in [0.15, 0.2) is 0 Å². The van der Waals surface area contributed by atoms with Crippen molar-refractivity contribution < 1.29 is 9.13 Å². The highest BCUT2D eigenvalue weighted by molar-refractivity contribution is 5.05. The van der Waals surface area contributed by atoms with Gasteiger partial charge in [-0.1, -0.05) is 0 Å². The maximum absolute atomic E-state index is 13.3. The zero-order chi connectivity index (χ0) is 9.80. The number of hydrogen-bond acceptors (Lipinski definition) is 4. The zero-order valence-corrected chi connectivity index (χ0v) is 7.69. The highest BCUT2D eigenvalue weighted by atomic mass is 19.1. The highest BCUT2D eigenvalue weighted by Crippen LogP contribution is 2.14. The van der Waals surface area contributed by atoms with Crippen LogP contribution in [0, 0.1) is 0 Å². The van der Waals surface area contributed by atoms with Gasteiger partial charge in [0.1, 0.15) is 18.6 Å². The molecule has 2 rings (SSSR count). The molecular formula is C9H12FN3O. The molecule has 0 aliphatic carbocycles. The van der Waals surface area contributed by atoms with Crippen LogP contribution in [0.5, 0.6) is 5.88 Å². The predicted molar refractivity (Wildman–Crippen MR) is 48.8 cm³/mol. The average Bonchev–Trinajstić information content (AvgIpc) is 2.23. The van der Waals surface area contributed by atoms with Crippen LogP contribution in [0.4, 0.5) is 4.39 Å². The first-order chi connectivity index (χ1) is 6.86. The molecule has 2 atom stereocenters. The lowest BCUT2D eigenvalue weighted by Gasteiger charge is -2.26. The molecule has 1 N–H and O–H groups in total. The number of ether oxygens (including phenoxy) is 1. The third-order valence-electron chi connectivity index (χ3n) is 2.18. The van der Waals surface area contributed by atoms with E-state index in [2.05, 4.69) is 15.3 Å². The Morgan fingerprint density at radius 1 is 1.57 bits per heavy atom. The lowest BCUT2D eigenvalue weighted by molar-refractivity contribution is 0.0692. The molecule has 0 aromatic carbocycles. The summed E-state index contributed by atoms with van der Waals surface area (Å²) < 4.78 is 18.7. The second-order valence-corrected chi connectivity index (χ2v) is 3.21. The first-order valence-corrected chi connectivity index (χ1v) is 4.64. The number of aromatic nitrogens is 2. The first-order valence-electron chi connectivity index (χ1n) is 4.64. The van der Waals surface area contributed by atoms with Crippen LogP contribution in [0.1, 0.15) is 6.42 Å². The number of hydrogen-bond donors (Lipinski definition) is 1. The van der Waals surface area contributed by atoms with Gasteiger partial charge in [-0.15, -0.1) is 0 Å². The molecule has 76 valence electrons. The SMILES string of the molecule is FC1CNCCC1Oc1ccncn1. The van der Waals surface area contributed by atoms with E-state index >= 15 is 0 Å². The van der Waals surface area contributed by atoms with E-state index in [0.29, 0.717) is 18.8 Å². The molecule has 0 radical (unpaired) electrons.